The van der Waals surface area contributed by atoms with Crippen LogP contribution < -0.4 is 5.73 Å². The van der Waals surface area contributed by atoms with Crippen LogP contribution in [0.4, 0.5) is 9.18 Å². The molecule has 15 heavy (non-hydrogen) atoms. The van der Waals surface area contributed by atoms with Crippen molar-refractivity contribution < 1.29 is 13.9 Å². The smallest absolute Gasteiger partial charge is 0.436 e. The molecule has 0 unspecified atom stereocenters. The number of hydrogen-bond donors (Lipinski definition) is 1. The number of aliphatic imine (C=N–C) groups is 1. The van der Waals surface area contributed by atoms with Crippen molar-refractivity contribution >= 4 is 23.8 Å². The maximum Gasteiger partial charge on any atom is 0.436 e. The topological polar surface area (TPSA) is 64.7 Å². The van der Waals surface area contributed by atoms with Crippen molar-refractivity contribution in [2.75, 3.05) is 6.26 Å². The number of allylic oxidation sites excluding steroid dienone is 1. The number of nitrogens with zero attached hydrogens (tertiary/aromatic N) is 1. The van der Waals surface area contributed by atoms with Crippen LogP contribution >= 0.6 is 11.8 Å². The molecule has 0 heterocycles. The van der Waals surface area contributed by atoms with Gasteiger partial charge in [-0.15, -0.1) is 16.8 Å². The normalized spacial score (nSPS) is 13.9. The van der Waals surface area contributed by atoms with Crippen LogP contribution in [0.25, 0.3) is 0 Å². The summed E-state index contributed by atoms with van der Waals surface area (Å²) in [6.07, 6.45) is 1.71. The van der Waals surface area contributed by atoms with E-state index in [-0.39, 0.29) is 4.91 Å². The molecule has 4 nitrogen and oxygen atoms in total. The third kappa shape index (κ3) is 6.11. The van der Waals surface area contributed by atoms with Gasteiger partial charge >= 0.3 is 6.09 Å². The molecule has 0 radical (unpaired) electrons. The zero-order chi connectivity index (χ0) is 12.1. The lowest BCUT2D eigenvalue weighted by atomic mass is 10.2. The van der Waals surface area contributed by atoms with Crippen molar-refractivity contribution in [1.82, 2.24) is 0 Å². The minimum Gasteiger partial charge on any atom is -0.442 e. The quantitative estimate of drug-likeness (QED) is 0.745. The molecule has 0 fully saturated rings. The van der Waals surface area contributed by atoms with Crippen LogP contribution in [0.3, 0.4) is 0 Å². The molecule has 0 spiro atoms. The maximum atomic E-state index is 13.2. The Morgan fingerprint density at radius 2 is 2.07 bits per heavy atom. The van der Waals surface area contributed by atoms with Crippen LogP contribution in [0.5, 0.6) is 0 Å². The first-order valence-electron chi connectivity index (χ1n) is 4.23. The molecular weight excluding hydrogens is 219 g/mol. The fourth-order valence-corrected chi connectivity index (χ4v) is 0.991. The Kier molecular flexibility index (Phi) is 5.35. The lowest BCUT2D eigenvalue weighted by Crippen LogP contribution is -2.22. The van der Waals surface area contributed by atoms with Gasteiger partial charge in [0.25, 0.3) is 0 Å². The first-order chi connectivity index (χ1) is 6.80. The van der Waals surface area contributed by atoms with Crippen LogP contribution in [-0.2, 0) is 4.74 Å². The molecule has 0 saturated carbocycles. The van der Waals surface area contributed by atoms with E-state index in [0.717, 1.165) is 18.0 Å². The predicted molar refractivity (Wildman–Crippen MR) is 60.6 cm³/mol. The number of nitrogens with two attached hydrogens (primary N) is 1. The number of ether oxygens (including phenoxy) is 1. The van der Waals surface area contributed by atoms with Gasteiger partial charge < -0.3 is 10.5 Å². The highest BCUT2D eigenvalue weighted by Crippen LogP contribution is 2.14. The zero-order valence-electron chi connectivity index (χ0n) is 9.20. The summed E-state index contributed by atoms with van der Waals surface area (Å²) in [5.74, 6) is -0.931. The summed E-state index contributed by atoms with van der Waals surface area (Å²) in [5.41, 5.74) is 4.44. The van der Waals surface area contributed by atoms with Crippen molar-refractivity contribution in [1.29, 1.82) is 0 Å². The largest absolute Gasteiger partial charge is 0.442 e. The van der Waals surface area contributed by atoms with Crippen molar-refractivity contribution in [2.45, 2.75) is 26.4 Å². The molecular formula is C9H15FN2O2S. The van der Waals surface area contributed by atoms with Gasteiger partial charge in [-0.3, -0.25) is 0 Å². The highest BCUT2D eigenvalue weighted by Gasteiger charge is 2.17. The van der Waals surface area contributed by atoms with Crippen LogP contribution in [0.2, 0.25) is 0 Å². The number of rotatable bonds is 2. The minimum absolute atomic E-state index is 0.0980. The molecule has 1 amide bonds. The maximum absolute atomic E-state index is 13.2. The summed E-state index contributed by atoms with van der Waals surface area (Å²) < 4.78 is 18.0. The van der Waals surface area contributed by atoms with Gasteiger partial charge in [-0.1, -0.05) is 0 Å². The molecule has 0 aromatic rings. The lowest BCUT2D eigenvalue weighted by molar-refractivity contribution is 0.0603. The second kappa shape index (κ2) is 5.75. The molecule has 86 valence electrons. The summed E-state index contributed by atoms with van der Waals surface area (Å²) in [4.78, 5) is 14.3. The highest BCUT2D eigenvalue weighted by atomic mass is 32.2. The van der Waals surface area contributed by atoms with Gasteiger partial charge in [0.15, 0.2) is 0 Å². The van der Waals surface area contributed by atoms with E-state index < -0.39 is 17.7 Å². The monoisotopic (exact) mass is 234 g/mol. The summed E-state index contributed by atoms with van der Waals surface area (Å²) in [6.45, 7) is 5.02. The van der Waals surface area contributed by atoms with E-state index in [9.17, 15) is 9.18 Å². The van der Waals surface area contributed by atoms with E-state index in [1.165, 1.54) is 0 Å². The molecule has 2 N–H and O–H groups in total. The third-order valence-electron chi connectivity index (χ3n) is 1.16. The first-order valence-corrected chi connectivity index (χ1v) is 5.46. The van der Waals surface area contributed by atoms with Gasteiger partial charge in [0.2, 0.25) is 5.97 Å². The highest BCUT2D eigenvalue weighted by molar-refractivity contribution is 8.03. The van der Waals surface area contributed by atoms with Crippen LogP contribution in [0, 0.1) is 0 Å². The van der Waals surface area contributed by atoms with Gasteiger partial charge in [0.1, 0.15) is 5.60 Å². The molecule has 6 heteroatoms. The lowest BCUT2D eigenvalue weighted by Gasteiger charge is -2.17. The third-order valence-corrected chi connectivity index (χ3v) is 1.90. The van der Waals surface area contributed by atoms with Crippen molar-refractivity contribution in [3.63, 3.8) is 0 Å². The Balaban J connectivity index is 4.56. The molecule has 0 aliphatic heterocycles. The molecule has 0 aromatic carbocycles. The summed E-state index contributed by atoms with van der Waals surface area (Å²) in [5, 5.41) is 0. The van der Waals surface area contributed by atoms with E-state index in [2.05, 4.69) is 4.99 Å². The molecule has 0 aromatic heterocycles. The Morgan fingerprint density at radius 3 is 2.40 bits per heavy atom. The van der Waals surface area contributed by atoms with E-state index in [4.69, 9.17) is 10.5 Å². The van der Waals surface area contributed by atoms with Crippen molar-refractivity contribution in [3.05, 3.63) is 11.1 Å². The molecule has 0 aliphatic rings. The van der Waals surface area contributed by atoms with Gasteiger partial charge in [-0.05, 0) is 27.0 Å². The van der Waals surface area contributed by atoms with Crippen LogP contribution in [-0.4, -0.2) is 23.9 Å². The summed E-state index contributed by atoms with van der Waals surface area (Å²) >= 11 is 1.06. The molecule has 0 aliphatic carbocycles. The molecule has 0 atom stereocenters. The number of hydrogen-bond acceptors (Lipinski definition) is 4. The second-order valence-electron chi connectivity index (χ2n) is 3.62. The number of amides is 1. The van der Waals surface area contributed by atoms with E-state index in [1.807, 2.05) is 0 Å². The average Bonchev–Trinajstić information content (AvgIpc) is 2.02. The van der Waals surface area contributed by atoms with Gasteiger partial charge in [0.05, 0.1) is 4.91 Å². The van der Waals surface area contributed by atoms with E-state index in [0.29, 0.717) is 0 Å². The van der Waals surface area contributed by atoms with Crippen molar-refractivity contribution in [3.8, 4) is 0 Å². The SMILES string of the molecule is CSC(=C/N)/C(F)=N/C(=O)OC(C)(C)C. The number of halogens is 1. The fourth-order valence-electron chi connectivity index (χ4n) is 0.641. The van der Waals surface area contributed by atoms with Crippen molar-refractivity contribution in [2.24, 2.45) is 10.7 Å². The number of carbonyl (C=O) groups excluding carboxylic acids is 1. The molecule has 0 bridgehead atoms. The Morgan fingerprint density at radius 1 is 1.53 bits per heavy atom. The molecule has 0 rings (SSSR count). The van der Waals surface area contributed by atoms with E-state index in [1.54, 1.807) is 27.0 Å². The second-order valence-corrected chi connectivity index (χ2v) is 4.47. The van der Waals surface area contributed by atoms with Gasteiger partial charge in [-0.2, -0.15) is 4.39 Å². The van der Waals surface area contributed by atoms with Crippen LogP contribution in [0.1, 0.15) is 20.8 Å². The molecule has 0 saturated heterocycles. The average molecular weight is 234 g/mol. The van der Waals surface area contributed by atoms with E-state index >= 15 is 0 Å². The number of thioether (sulfide) groups is 1. The predicted octanol–water partition coefficient (Wildman–Crippen LogP) is 2.45. The first kappa shape index (κ1) is 14.0. The summed E-state index contributed by atoms with van der Waals surface area (Å²) in [6, 6.07) is 0. The fraction of sp³-hybridized carbons (Fsp3) is 0.556. The number of carbonyl (C=O) groups is 1. The Hall–Kier alpha value is -1.04. The summed E-state index contributed by atoms with van der Waals surface area (Å²) in [7, 11) is 0. The van der Waals surface area contributed by atoms with Gasteiger partial charge in [-0.25, -0.2) is 4.79 Å². The van der Waals surface area contributed by atoms with Gasteiger partial charge in [0, 0.05) is 6.20 Å². The minimum atomic E-state index is -0.964. The standard InChI is InChI=1S/C9H15FN2O2S/c1-9(2,3)14-8(13)12-7(10)6(5-11)15-4/h5H,11H2,1-4H3/b6-5+,12-7-. The Labute approximate surface area is 92.8 Å². The zero-order valence-corrected chi connectivity index (χ0v) is 10.0. The van der Waals surface area contributed by atoms with Crippen LogP contribution in [0.15, 0.2) is 16.1 Å². The Bertz CT molecular complexity index is 295.